The molecule has 2 fully saturated rings. The molecular formula is C19H26N3OS+. The van der Waals surface area contributed by atoms with E-state index in [2.05, 4.69) is 29.6 Å². The van der Waals surface area contributed by atoms with Gasteiger partial charge < -0.3 is 10.2 Å². The number of quaternary nitrogens is 1. The predicted molar refractivity (Wildman–Crippen MR) is 97.6 cm³/mol. The van der Waals surface area contributed by atoms with Gasteiger partial charge in [0, 0.05) is 24.8 Å². The van der Waals surface area contributed by atoms with Crippen LogP contribution in [0.3, 0.4) is 0 Å². The highest BCUT2D eigenvalue weighted by Crippen LogP contribution is 2.31. The summed E-state index contributed by atoms with van der Waals surface area (Å²) in [6.07, 6.45) is 7.16. The van der Waals surface area contributed by atoms with Crippen molar-refractivity contribution in [3.05, 3.63) is 29.3 Å². The Morgan fingerprint density at radius 3 is 2.67 bits per heavy atom. The predicted octanol–water partition coefficient (Wildman–Crippen LogP) is 2.12. The molecule has 2 aliphatic rings. The molecular weight excluding hydrogens is 318 g/mol. The lowest BCUT2D eigenvalue weighted by Crippen LogP contribution is -3.14. The van der Waals surface area contributed by atoms with Crippen LogP contribution >= 0.6 is 11.3 Å². The van der Waals surface area contributed by atoms with E-state index in [1.54, 1.807) is 0 Å². The van der Waals surface area contributed by atoms with Crippen molar-refractivity contribution in [3.63, 3.8) is 0 Å². The van der Waals surface area contributed by atoms with Crippen LogP contribution in [0, 0.1) is 0 Å². The quantitative estimate of drug-likeness (QED) is 0.892. The molecule has 4 rings (SSSR count). The molecule has 1 aromatic carbocycles. The van der Waals surface area contributed by atoms with Crippen LogP contribution in [-0.4, -0.2) is 36.6 Å². The molecule has 2 aromatic rings. The molecule has 128 valence electrons. The van der Waals surface area contributed by atoms with Gasteiger partial charge in [-0.2, -0.15) is 0 Å². The van der Waals surface area contributed by atoms with E-state index in [1.165, 1.54) is 40.3 Å². The van der Waals surface area contributed by atoms with Crippen LogP contribution in [0.15, 0.2) is 24.3 Å². The van der Waals surface area contributed by atoms with Crippen LogP contribution < -0.4 is 10.2 Å². The van der Waals surface area contributed by atoms with E-state index in [0.29, 0.717) is 18.5 Å². The molecule has 0 atom stereocenters. The van der Waals surface area contributed by atoms with E-state index in [9.17, 15) is 4.79 Å². The highest BCUT2D eigenvalue weighted by Gasteiger charge is 2.27. The Bertz CT molecular complexity index is 666. The second-order valence-corrected chi connectivity index (χ2v) is 8.33. The number of aromatic nitrogens is 1. The maximum atomic E-state index is 12.2. The van der Waals surface area contributed by atoms with Gasteiger partial charge in [-0.1, -0.05) is 25.0 Å². The van der Waals surface area contributed by atoms with Crippen molar-refractivity contribution in [2.24, 2.45) is 0 Å². The van der Waals surface area contributed by atoms with Gasteiger partial charge in [0.1, 0.15) is 0 Å². The Morgan fingerprint density at radius 2 is 1.92 bits per heavy atom. The molecule has 1 amide bonds. The first-order valence-electron chi connectivity index (χ1n) is 9.26. The summed E-state index contributed by atoms with van der Waals surface area (Å²) in [6.45, 7) is 2.81. The number of hydrogen-bond acceptors (Lipinski definition) is 3. The first-order chi connectivity index (χ1) is 11.8. The minimum atomic E-state index is 0.246. The van der Waals surface area contributed by atoms with Gasteiger partial charge in [-0.15, -0.1) is 11.3 Å². The third kappa shape index (κ3) is 3.62. The molecule has 1 saturated heterocycles. The third-order valence-electron chi connectivity index (χ3n) is 5.48. The molecule has 0 radical (unpaired) electrons. The lowest BCUT2D eigenvalue weighted by Gasteiger charge is -2.28. The van der Waals surface area contributed by atoms with E-state index in [0.717, 1.165) is 31.4 Å². The van der Waals surface area contributed by atoms with Gasteiger partial charge in [-0.25, -0.2) is 4.98 Å². The fourth-order valence-electron chi connectivity index (χ4n) is 4.09. The molecule has 0 unspecified atom stereocenters. The van der Waals surface area contributed by atoms with Crippen molar-refractivity contribution < 1.29 is 9.69 Å². The molecule has 4 nitrogen and oxygen atoms in total. The zero-order valence-corrected chi connectivity index (χ0v) is 14.9. The number of fused-ring (bicyclic) bond motifs is 1. The number of amides is 1. The average Bonchev–Trinajstić information content (AvgIpc) is 3.24. The van der Waals surface area contributed by atoms with Crippen LogP contribution in [0.1, 0.15) is 49.5 Å². The van der Waals surface area contributed by atoms with Crippen molar-refractivity contribution in [1.82, 2.24) is 10.3 Å². The number of thiazole rings is 1. The minimum absolute atomic E-state index is 0.246. The first kappa shape index (κ1) is 16.0. The number of likely N-dealkylation sites (tertiary alicyclic amines) is 1. The second-order valence-electron chi connectivity index (χ2n) is 7.27. The van der Waals surface area contributed by atoms with Gasteiger partial charge in [0.05, 0.1) is 28.3 Å². The van der Waals surface area contributed by atoms with Crippen LogP contribution in [-0.2, 0) is 4.79 Å². The Balaban J connectivity index is 1.29. The molecule has 24 heavy (non-hydrogen) atoms. The Labute approximate surface area is 147 Å². The summed E-state index contributed by atoms with van der Waals surface area (Å²) in [7, 11) is 0. The van der Waals surface area contributed by atoms with E-state index < -0.39 is 0 Å². The van der Waals surface area contributed by atoms with Crippen molar-refractivity contribution in [2.75, 3.05) is 19.6 Å². The summed E-state index contributed by atoms with van der Waals surface area (Å²) in [6, 6.07) is 8.84. The maximum Gasteiger partial charge on any atom is 0.275 e. The highest BCUT2D eigenvalue weighted by molar-refractivity contribution is 7.18. The normalized spacial score (nSPS) is 25.2. The highest BCUT2D eigenvalue weighted by atomic mass is 32.1. The molecule has 5 heteroatoms. The fraction of sp³-hybridized carbons (Fsp3) is 0.579. The number of nitrogens with one attached hydrogen (secondary N) is 2. The number of carbonyl (C=O) groups excluding carboxylic acids is 1. The van der Waals surface area contributed by atoms with Crippen LogP contribution in [0.25, 0.3) is 10.2 Å². The molecule has 2 heterocycles. The summed E-state index contributed by atoms with van der Waals surface area (Å²) in [5, 5.41) is 4.50. The Morgan fingerprint density at radius 1 is 1.17 bits per heavy atom. The lowest BCUT2D eigenvalue weighted by molar-refractivity contribution is -0.897. The Kier molecular flexibility index (Phi) is 4.81. The van der Waals surface area contributed by atoms with Crippen LogP contribution in [0.4, 0.5) is 0 Å². The average molecular weight is 345 g/mol. The molecule has 2 N–H and O–H groups in total. The first-order valence-corrected chi connectivity index (χ1v) is 10.1. The topological polar surface area (TPSA) is 46.4 Å². The second kappa shape index (κ2) is 7.19. The molecule has 1 aromatic heterocycles. The summed E-state index contributed by atoms with van der Waals surface area (Å²) in [5.41, 5.74) is 1.13. The summed E-state index contributed by atoms with van der Waals surface area (Å²) >= 11 is 1.84. The largest absolute Gasteiger partial charge is 0.348 e. The molecule has 1 aliphatic heterocycles. The molecule has 0 bridgehead atoms. The summed E-state index contributed by atoms with van der Waals surface area (Å²) < 4.78 is 1.29. The van der Waals surface area contributed by atoms with E-state index in [4.69, 9.17) is 4.98 Å². The summed E-state index contributed by atoms with van der Waals surface area (Å²) in [5.74, 6) is 0.819. The molecule has 1 saturated carbocycles. The maximum absolute atomic E-state index is 12.2. The Hall–Kier alpha value is -1.46. The van der Waals surface area contributed by atoms with Gasteiger partial charge in [-0.3, -0.25) is 4.79 Å². The van der Waals surface area contributed by atoms with Gasteiger partial charge in [0.25, 0.3) is 5.91 Å². The van der Waals surface area contributed by atoms with Crippen LogP contribution in [0.5, 0.6) is 0 Å². The fourth-order valence-corrected chi connectivity index (χ4v) is 5.23. The number of benzene rings is 1. The van der Waals surface area contributed by atoms with Gasteiger partial charge in [0.15, 0.2) is 6.54 Å². The number of piperidine rings is 1. The molecule has 0 spiro atoms. The number of carbonyl (C=O) groups is 1. The standard InChI is InChI=1S/C19H25N3OS/c23-18(20-15-5-1-2-6-15)13-22-11-9-14(10-12-22)19-21-16-7-3-4-8-17(16)24-19/h3-4,7-8,14-15H,1-2,5-6,9-13H2,(H,20,23)/p+1. The number of rotatable bonds is 4. The van der Waals surface area contributed by atoms with Gasteiger partial charge in [0.2, 0.25) is 0 Å². The third-order valence-corrected chi connectivity index (χ3v) is 6.68. The lowest BCUT2D eigenvalue weighted by atomic mass is 9.97. The van der Waals surface area contributed by atoms with Crippen molar-refractivity contribution in [3.8, 4) is 0 Å². The van der Waals surface area contributed by atoms with Crippen molar-refractivity contribution in [1.29, 1.82) is 0 Å². The van der Waals surface area contributed by atoms with Gasteiger partial charge >= 0.3 is 0 Å². The van der Waals surface area contributed by atoms with Crippen LogP contribution in [0.2, 0.25) is 0 Å². The zero-order valence-electron chi connectivity index (χ0n) is 14.1. The van der Waals surface area contributed by atoms with Gasteiger partial charge in [-0.05, 0) is 25.0 Å². The number of para-hydroxylation sites is 1. The minimum Gasteiger partial charge on any atom is -0.348 e. The molecule has 1 aliphatic carbocycles. The SMILES string of the molecule is O=C(C[NH+]1CCC(c2nc3ccccc3s2)CC1)NC1CCCC1. The number of hydrogen-bond donors (Lipinski definition) is 2. The van der Waals surface area contributed by atoms with E-state index >= 15 is 0 Å². The monoisotopic (exact) mass is 344 g/mol. The van der Waals surface area contributed by atoms with E-state index in [1.807, 2.05) is 11.3 Å². The smallest absolute Gasteiger partial charge is 0.275 e. The summed E-state index contributed by atoms with van der Waals surface area (Å²) in [4.78, 5) is 18.4. The van der Waals surface area contributed by atoms with Crippen molar-refractivity contribution in [2.45, 2.75) is 50.5 Å². The zero-order chi connectivity index (χ0) is 16.4. The number of nitrogens with zero attached hydrogens (tertiary/aromatic N) is 1. The van der Waals surface area contributed by atoms with E-state index in [-0.39, 0.29) is 5.91 Å². The van der Waals surface area contributed by atoms with Crippen molar-refractivity contribution >= 4 is 27.5 Å².